The van der Waals surface area contributed by atoms with Crippen LogP contribution in [0, 0.1) is 6.92 Å². The summed E-state index contributed by atoms with van der Waals surface area (Å²) in [5, 5.41) is 13.8. The minimum absolute atomic E-state index is 0.169. The summed E-state index contributed by atoms with van der Waals surface area (Å²) in [4.78, 5) is 0. The maximum Gasteiger partial charge on any atom is 0.179 e. The van der Waals surface area contributed by atoms with Crippen LogP contribution < -0.4 is 0 Å². The van der Waals surface area contributed by atoms with Gasteiger partial charge in [-0.1, -0.05) is 32.9 Å². The number of tetrazole rings is 1. The summed E-state index contributed by atoms with van der Waals surface area (Å²) in [7, 11) is 0. The summed E-state index contributed by atoms with van der Waals surface area (Å²) in [5.41, 5.74) is 3.81. The first kappa shape index (κ1) is 10.8. The standard InChI is InChI=1S/C12H16N4/c1-8-7-9(11-13-15-16-14-11)5-6-10(8)12(2,3)4/h5-7H,1-4H3,(H,13,14,15,16). The van der Waals surface area contributed by atoms with Crippen LogP contribution in [-0.4, -0.2) is 20.6 Å². The number of nitrogens with zero attached hydrogens (tertiary/aromatic N) is 3. The molecule has 0 saturated carbocycles. The van der Waals surface area contributed by atoms with E-state index in [9.17, 15) is 0 Å². The van der Waals surface area contributed by atoms with E-state index in [2.05, 4.69) is 66.5 Å². The molecular weight excluding hydrogens is 200 g/mol. The molecule has 4 heteroatoms. The van der Waals surface area contributed by atoms with Crippen molar-refractivity contribution in [3.63, 3.8) is 0 Å². The smallest absolute Gasteiger partial charge is 0.179 e. The molecule has 0 aliphatic heterocycles. The Balaban J connectivity index is 2.45. The summed E-state index contributed by atoms with van der Waals surface area (Å²) in [6.45, 7) is 8.76. The van der Waals surface area contributed by atoms with Crippen LogP contribution in [0.15, 0.2) is 18.2 Å². The Kier molecular flexibility index (Phi) is 2.50. The molecule has 0 spiro atoms. The van der Waals surface area contributed by atoms with Crippen LogP contribution in [0.25, 0.3) is 11.4 Å². The zero-order chi connectivity index (χ0) is 11.8. The zero-order valence-electron chi connectivity index (χ0n) is 10.1. The predicted octanol–water partition coefficient (Wildman–Crippen LogP) is 2.47. The van der Waals surface area contributed by atoms with E-state index in [1.54, 1.807) is 0 Å². The Hall–Kier alpha value is -1.71. The molecule has 4 nitrogen and oxygen atoms in total. The molecule has 0 radical (unpaired) electrons. The lowest BCUT2D eigenvalue weighted by Gasteiger charge is -2.21. The molecule has 1 N–H and O–H groups in total. The molecule has 0 amide bonds. The summed E-state index contributed by atoms with van der Waals surface area (Å²) in [6, 6.07) is 6.31. The average Bonchev–Trinajstić information content (AvgIpc) is 2.68. The number of hydrogen-bond acceptors (Lipinski definition) is 3. The van der Waals surface area contributed by atoms with Crippen molar-refractivity contribution in [2.24, 2.45) is 0 Å². The topological polar surface area (TPSA) is 54.5 Å². The Bertz CT molecular complexity index is 480. The SMILES string of the molecule is Cc1cc(-c2nnn[nH]2)ccc1C(C)(C)C. The molecule has 16 heavy (non-hydrogen) atoms. The number of rotatable bonds is 1. The molecule has 0 aliphatic rings. The second-order valence-corrected chi connectivity index (χ2v) is 5.03. The third kappa shape index (κ3) is 1.96. The maximum atomic E-state index is 3.90. The monoisotopic (exact) mass is 216 g/mol. The highest BCUT2D eigenvalue weighted by atomic mass is 15.5. The van der Waals surface area contributed by atoms with Gasteiger partial charge in [-0.3, -0.25) is 0 Å². The van der Waals surface area contributed by atoms with Gasteiger partial charge in [-0.2, -0.15) is 0 Å². The van der Waals surface area contributed by atoms with E-state index in [0.29, 0.717) is 5.82 Å². The number of H-pyrrole nitrogens is 1. The van der Waals surface area contributed by atoms with Crippen molar-refractivity contribution in [3.8, 4) is 11.4 Å². The summed E-state index contributed by atoms with van der Waals surface area (Å²) in [6.07, 6.45) is 0. The maximum absolute atomic E-state index is 3.90. The van der Waals surface area contributed by atoms with Gasteiger partial charge in [0.25, 0.3) is 0 Å². The van der Waals surface area contributed by atoms with Gasteiger partial charge in [0, 0.05) is 5.56 Å². The molecule has 0 unspecified atom stereocenters. The Morgan fingerprint density at radius 1 is 1.19 bits per heavy atom. The number of nitrogens with one attached hydrogen (secondary N) is 1. The molecule has 0 fully saturated rings. The van der Waals surface area contributed by atoms with E-state index in [4.69, 9.17) is 0 Å². The lowest BCUT2D eigenvalue weighted by Crippen LogP contribution is -2.12. The van der Waals surface area contributed by atoms with E-state index in [1.165, 1.54) is 11.1 Å². The lowest BCUT2D eigenvalue weighted by molar-refractivity contribution is 0.586. The van der Waals surface area contributed by atoms with E-state index in [1.807, 2.05) is 0 Å². The number of aromatic nitrogens is 4. The van der Waals surface area contributed by atoms with Crippen LogP contribution in [0.1, 0.15) is 31.9 Å². The molecular formula is C12H16N4. The molecule has 0 aliphatic carbocycles. The van der Waals surface area contributed by atoms with Gasteiger partial charge in [-0.05, 0) is 40.0 Å². The average molecular weight is 216 g/mol. The largest absolute Gasteiger partial charge is 0.239 e. The van der Waals surface area contributed by atoms with E-state index < -0.39 is 0 Å². The normalized spacial score (nSPS) is 11.8. The predicted molar refractivity (Wildman–Crippen MR) is 63.1 cm³/mol. The van der Waals surface area contributed by atoms with Gasteiger partial charge in [0.2, 0.25) is 0 Å². The highest BCUT2D eigenvalue weighted by molar-refractivity contribution is 5.57. The van der Waals surface area contributed by atoms with Gasteiger partial charge < -0.3 is 0 Å². The van der Waals surface area contributed by atoms with Gasteiger partial charge in [0.1, 0.15) is 0 Å². The molecule has 0 atom stereocenters. The van der Waals surface area contributed by atoms with Crippen LogP contribution in [0.2, 0.25) is 0 Å². The molecule has 1 aromatic heterocycles. The Morgan fingerprint density at radius 2 is 1.94 bits per heavy atom. The second-order valence-electron chi connectivity index (χ2n) is 5.03. The van der Waals surface area contributed by atoms with Crippen LogP contribution >= 0.6 is 0 Å². The number of aryl methyl sites for hydroxylation is 1. The lowest BCUT2D eigenvalue weighted by atomic mass is 9.83. The fourth-order valence-corrected chi connectivity index (χ4v) is 1.93. The van der Waals surface area contributed by atoms with Gasteiger partial charge in [-0.25, -0.2) is 5.10 Å². The molecule has 84 valence electrons. The van der Waals surface area contributed by atoms with Crippen molar-refractivity contribution in [2.45, 2.75) is 33.1 Å². The first-order chi connectivity index (χ1) is 7.48. The first-order valence-electron chi connectivity index (χ1n) is 5.34. The Morgan fingerprint density at radius 3 is 2.44 bits per heavy atom. The molecule has 0 saturated heterocycles. The Labute approximate surface area is 95.1 Å². The van der Waals surface area contributed by atoms with Crippen molar-refractivity contribution in [3.05, 3.63) is 29.3 Å². The highest BCUT2D eigenvalue weighted by Gasteiger charge is 2.16. The molecule has 2 rings (SSSR count). The zero-order valence-corrected chi connectivity index (χ0v) is 10.1. The number of aromatic amines is 1. The highest BCUT2D eigenvalue weighted by Crippen LogP contribution is 2.28. The first-order valence-corrected chi connectivity index (χ1v) is 5.34. The number of benzene rings is 1. The van der Waals surface area contributed by atoms with E-state index >= 15 is 0 Å². The van der Waals surface area contributed by atoms with Gasteiger partial charge in [0.15, 0.2) is 5.82 Å². The minimum Gasteiger partial charge on any atom is -0.239 e. The number of hydrogen-bond donors (Lipinski definition) is 1. The van der Waals surface area contributed by atoms with Crippen LogP contribution in [0.4, 0.5) is 0 Å². The van der Waals surface area contributed by atoms with Crippen molar-refractivity contribution in [1.82, 2.24) is 20.6 Å². The van der Waals surface area contributed by atoms with Crippen molar-refractivity contribution in [2.75, 3.05) is 0 Å². The van der Waals surface area contributed by atoms with E-state index in [-0.39, 0.29) is 5.41 Å². The molecule has 1 aromatic carbocycles. The van der Waals surface area contributed by atoms with Crippen LogP contribution in [0.5, 0.6) is 0 Å². The minimum atomic E-state index is 0.169. The second kappa shape index (κ2) is 3.70. The molecule has 1 heterocycles. The van der Waals surface area contributed by atoms with Crippen molar-refractivity contribution >= 4 is 0 Å². The third-order valence-corrected chi connectivity index (χ3v) is 2.65. The van der Waals surface area contributed by atoms with Crippen LogP contribution in [-0.2, 0) is 5.41 Å². The molecule has 2 aromatic rings. The van der Waals surface area contributed by atoms with Crippen molar-refractivity contribution in [1.29, 1.82) is 0 Å². The van der Waals surface area contributed by atoms with Crippen molar-refractivity contribution < 1.29 is 0 Å². The third-order valence-electron chi connectivity index (χ3n) is 2.65. The fraction of sp³-hybridized carbons (Fsp3) is 0.417. The fourth-order valence-electron chi connectivity index (χ4n) is 1.93. The summed E-state index contributed by atoms with van der Waals surface area (Å²) < 4.78 is 0. The van der Waals surface area contributed by atoms with Gasteiger partial charge in [0.05, 0.1) is 0 Å². The summed E-state index contributed by atoms with van der Waals surface area (Å²) in [5.74, 6) is 0.712. The molecule has 0 bridgehead atoms. The van der Waals surface area contributed by atoms with Gasteiger partial charge in [-0.15, -0.1) is 5.10 Å². The van der Waals surface area contributed by atoms with Gasteiger partial charge >= 0.3 is 0 Å². The summed E-state index contributed by atoms with van der Waals surface area (Å²) >= 11 is 0. The van der Waals surface area contributed by atoms with Crippen LogP contribution in [0.3, 0.4) is 0 Å². The quantitative estimate of drug-likeness (QED) is 0.796. The van der Waals surface area contributed by atoms with E-state index in [0.717, 1.165) is 5.56 Å².